The SMILES string of the molecule is CCc1ccc([C@@H](NC(=O)c2ccc(C#N)cc2)C(C)C)cc1. The average molecular weight is 306 g/mol. The second kappa shape index (κ2) is 7.60. The molecule has 0 aliphatic heterocycles. The van der Waals surface area contributed by atoms with Crippen LogP contribution in [-0.2, 0) is 6.42 Å². The summed E-state index contributed by atoms with van der Waals surface area (Å²) in [6.07, 6.45) is 1.00. The van der Waals surface area contributed by atoms with Crippen molar-refractivity contribution in [1.29, 1.82) is 5.26 Å². The maximum Gasteiger partial charge on any atom is 0.251 e. The lowest BCUT2D eigenvalue weighted by Gasteiger charge is -2.23. The maximum absolute atomic E-state index is 12.5. The van der Waals surface area contributed by atoms with Crippen molar-refractivity contribution in [1.82, 2.24) is 5.32 Å². The molecule has 0 bridgehead atoms. The molecule has 3 nitrogen and oxygen atoms in total. The van der Waals surface area contributed by atoms with Gasteiger partial charge in [-0.3, -0.25) is 4.79 Å². The predicted molar refractivity (Wildman–Crippen MR) is 92.0 cm³/mol. The van der Waals surface area contributed by atoms with Crippen LogP contribution in [0.2, 0.25) is 0 Å². The molecule has 0 saturated heterocycles. The largest absolute Gasteiger partial charge is 0.345 e. The summed E-state index contributed by atoms with van der Waals surface area (Å²) >= 11 is 0. The smallest absolute Gasteiger partial charge is 0.251 e. The molecule has 1 atom stereocenters. The summed E-state index contributed by atoms with van der Waals surface area (Å²) in [5, 5.41) is 11.9. The van der Waals surface area contributed by atoms with Crippen LogP contribution in [0.5, 0.6) is 0 Å². The Hall–Kier alpha value is -2.60. The molecule has 0 aromatic heterocycles. The fraction of sp³-hybridized carbons (Fsp3) is 0.300. The van der Waals surface area contributed by atoms with Crippen molar-refractivity contribution in [2.24, 2.45) is 5.92 Å². The average Bonchev–Trinajstić information content (AvgIpc) is 2.59. The van der Waals surface area contributed by atoms with Gasteiger partial charge < -0.3 is 5.32 Å². The molecule has 0 saturated carbocycles. The summed E-state index contributed by atoms with van der Waals surface area (Å²) in [5.41, 5.74) is 3.52. The number of hydrogen-bond donors (Lipinski definition) is 1. The standard InChI is InChI=1S/C20H22N2O/c1-4-15-5-9-17(10-6-15)19(14(2)3)22-20(23)18-11-7-16(13-21)8-12-18/h5-12,14,19H,4H2,1-3H3,(H,22,23)/t19-/m0/s1. The minimum atomic E-state index is -0.118. The van der Waals surface area contributed by atoms with Crippen LogP contribution in [0.1, 0.15) is 53.9 Å². The first-order valence-electron chi connectivity index (χ1n) is 7.95. The molecular formula is C20H22N2O. The van der Waals surface area contributed by atoms with E-state index in [0.717, 1.165) is 12.0 Å². The van der Waals surface area contributed by atoms with E-state index in [4.69, 9.17) is 5.26 Å². The third-order valence-corrected chi connectivity index (χ3v) is 3.98. The number of benzene rings is 2. The molecular weight excluding hydrogens is 284 g/mol. The Morgan fingerprint density at radius 1 is 1.09 bits per heavy atom. The molecule has 0 heterocycles. The minimum absolute atomic E-state index is 0.0379. The van der Waals surface area contributed by atoms with E-state index in [9.17, 15) is 4.79 Å². The lowest BCUT2D eigenvalue weighted by molar-refractivity contribution is 0.0925. The van der Waals surface area contributed by atoms with Crippen molar-refractivity contribution in [2.75, 3.05) is 0 Å². The first-order chi connectivity index (χ1) is 11.0. The van der Waals surface area contributed by atoms with Gasteiger partial charge in [0.1, 0.15) is 0 Å². The number of rotatable bonds is 5. The summed E-state index contributed by atoms with van der Waals surface area (Å²) in [4.78, 5) is 12.5. The van der Waals surface area contributed by atoms with E-state index in [1.807, 2.05) is 0 Å². The van der Waals surface area contributed by atoms with Crippen molar-refractivity contribution < 1.29 is 4.79 Å². The highest BCUT2D eigenvalue weighted by atomic mass is 16.1. The third kappa shape index (κ3) is 4.20. The van der Waals surface area contributed by atoms with Gasteiger partial charge in [0.25, 0.3) is 5.91 Å². The van der Waals surface area contributed by atoms with E-state index < -0.39 is 0 Å². The number of nitrogens with one attached hydrogen (secondary N) is 1. The molecule has 3 heteroatoms. The molecule has 0 unspecified atom stereocenters. The minimum Gasteiger partial charge on any atom is -0.345 e. The van der Waals surface area contributed by atoms with Crippen LogP contribution in [0.3, 0.4) is 0 Å². The van der Waals surface area contributed by atoms with Crippen molar-refractivity contribution in [2.45, 2.75) is 33.2 Å². The molecule has 0 spiro atoms. The van der Waals surface area contributed by atoms with Crippen molar-refractivity contribution in [3.8, 4) is 6.07 Å². The van der Waals surface area contributed by atoms with Gasteiger partial charge in [0.05, 0.1) is 17.7 Å². The normalized spacial score (nSPS) is 11.8. The number of carbonyl (C=O) groups excluding carboxylic acids is 1. The van der Waals surface area contributed by atoms with Crippen molar-refractivity contribution in [3.05, 3.63) is 70.8 Å². The maximum atomic E-state index is 12.5. The van der Waals surface area contributed by atoms with Crippen LogP contribution in [-0.4, -0.2) is 5.91 Å². The Labute approximate surface area is 138 Å². The molecule has 2 aromatic carbocycles. The van der Waals surface area contributed by atoms with Crippen LogP contribution in [0.4, 0.5) is 0 Å². The Morgan fingerprint density at radius 3 is 2.17 bits per heavy atom. The number of nitriles is 1. The Kier molecular flexibility index (Phi) is 5.54. The third-order valence-electron chi connectivity index (χ3n) is 3.98. The fourth-order valence-electron chi connectivity index (χ4n) is 2.52. The van der Waals surface area contributed by atoms with Crippen LogP contribution in [0.15, 0.2) is 48.5 Å². The van der Waals surface area contributed by atoms with Crippen LogP contribution in [0, 0.1) is 17.2 Å². The van der Waals surface area contributed by atoms with E-state index >= 15 is 0 Å². The fourth-order valence-corrected chi connectivity index (χ4v) is 2.52. The zero-order valence-electron chi connectivity index (χ0n) is 13.8. The molecule has 23 heavy (non-hydrogen) atoms. The van der Waals surface area contributed by atoms with Gasteiger partial charge in [-0.1, -0.05) is 45.0 Å². The summed E-state index contributed by atoms with van der Waals surface area (Å²) in [6.45, 7) is 6.32. The molecule has 0 aliphatic carbocycles. The van der Waals surface area contributed by atoms with Gasteiger partial charge in [0, 0.05) is 5.56 Å². The highest BCUT2D eigenvalue weighted by molar-refractivity contribution is 5.94. The number of nitrogens with zero attached hydrogens (tertiary/aromatic N) is 1. The summed E-state index contributed by atoms with van der Waals surface area (Å²) in [6, 6.07) is 17.1. The Morgan fingerprint density at radius 2 is 1.70 bits per heavy atom. The molecule has 1 amide bonds. The molecule has 0 fully saturated rings. The topological polar surface area (TPSA) is 52.9 Å². The van der Waals surface area contributed by atoms with E-state index in [-0.39, 0.29) is 17.9 Å². The van der Waals surface area contributed by atoms with Crippen LogP contribution >= 0.6 is 0 Å². The highest BCUT2D eigenvalue weighted by Gasteiger charge is 2.19. The zero-order valence-corrected chi connectivity index (χ0v) is 13.8. The molecule has 2 aromatic rings. The van der Waals surface area contributed by atoms with Gasteiger partial charge in [-0.2, -0.15) is 5.26 Å². The van der Waals surface area contributed by atoms with E-state index in [1.165, 1.54) is 5.56 Å². The van der Waals surface area contributed by atoms with Crippen molar-refractivity contribution >= 4 is 5.91 Å². The van der Waals surface area contributed by atoms with Crippen LogP contribution in [0.25, 0.3) is 0 Å². The lowest BCUT2D eigenvalue weighted by Crippen LogP contribution is -2.31. The van der Waals surface area contributed by atoms with Gasteiger partial charge in [0.2, 0.25) is 0 Å². The van der Waals surface area contributed by atoms with E-state index in [1.54, 1.807) is 24.3 Å². The molecule has 0 aliphatic rings. The summed E-state index contributed by atoms with van der Waals surface area (Å²) in [7, 11) is 0. The first kappa shape index (κ1) is 16.8. The Bertz CT molecular complexity index is 694. The first-order valence-corrected chi connectivity index (χ1v) is 7.95. The monoisotopic (exact) mass is 306 g/mol. The number of aryl methyl sites for hydroxylation is 1. The van der Waals surface area contributed by atoms with E-state index in [2.05, 4.69) is 56.4 Å². The number of amides is 1. The number of carbonyl (C=O) groups is 1. The van der Waals surface area contributed by atoms with Gasteiger partial charge in [0.15, 0.2) is 0 Å². The second-order valence-corrected chi connectivity index (χ2v) is 5.98. The van der Waals surface area contributed by atoms with E-state index in [0.29, 0.717) is 11.1 Å². The van der Waals surface area contributed by atoms with Gasteiger partial charge in [-0.25, -0.2) is 0 Å². The highest BCUT2D eigenvalue weighted by Crippen LogP contribution is 2.23. The molecule has 1 N–H and O–H groups in total. The predicted octanol–water partition coefficient (Wildman–Crippen LogP) is 4.25. The Balaban J connectivity index is 2.17. The summed E-state index contributed by atoms with van der Waals surface area (Å²) < 4.78 is 0. The quantitative estimate of drug-likeness (QED) is 0.898. The number of hydrogen-bond acceptors (Lipinski definition) is 2. The van der Waals surface area contributed by atoms with Crippen LogP contribution < -0.4 is 5.32 Å². The zero-order chi connectivity index (χ0) is 16.8. The lowest BCUT2D eigenvalue weighted by atomic mass is 9.94. The van der Waals surface area contributed by atoms with Gasteiger partial charge >= 0.3 is 0 Å². The van der Waals surface area contributed by atoms with Gasteiger partial charge in [-0.15, -0.1) is 0 Å². The summed E-state index contributed by atoms with van der Waals surface area (Å²) in [5.74, 6) is 0.164. The molecule has 0 radical (unpaired) electrons. The van der Waals surface area contributed by atoms with Gasteiger partial charge in [-0.05, 0) is 47.7 Å². The van der Waals surface area contributed by atoms with Crippen molar-refractivity contribution in [3.63, 3.8) is 0 Å². The molecule has 118 valence electrons. The second-order valence-electron chi connectivity index (χ2n) is 5.98. The molecule has 2 rings (SSSR count).